The summed E-state index contributed by atoms with van der Waals surface area (Å²) in [4.78, 5) is 15.5. The van der Waals surface area contributed by atoms with E-state index in [1.165, 1.54) is 6.42 Å². The second kappa shape index (κ2) is 3.84. The van der Waals surface area contributed by atoms with Gasteiger partial charge in [-0.05, 0) is 40.9 Å². The molecule has 0 radical (unpaired) electrons. The number of imidazole rings is 1. The highest BCUT2D eigenvalue weighted by molar-refractivity contribution is 9.10. The van der Waals surface area contributed by atoms with E-state index in [4.69, 9.17) is 0 Å². The van der Waals surface area contributed by atoms with Gasteiger partial charge in [0, 0.05) is 16.6 Å². The Balaban J connectivity index is 2.30. The molecule has 1 aliphatic carbocycles. The first-order chi connectivity index (χ1) is 8.18. The number of hydrogen-bond donors (Lipinski definition) is 1. The molecule has 5 heteroatoms. The number of rotatable bonds is 2. The van der Waals surface area contributed by atoms with E-state index in [1.54, 1.807) is 0 Å². The maximum atomic E-state index is 11.2. The number of aromatic carboxylic acids is 1. The highest BCUT2D eigenvalue weighted by Crippen LogP contribution is 2.37. The van der Waals surface area contributed by atoms with Gasteiger partial charge in [0.2, 0.25) is 0 Å². The fourth-order valence-electron chi connectivity index (χ4n) is 2.23. The third-order valence-electron chi connectivity index (χ3n) is 3.32. The van der Waals surface area contributed by atoms with Crippen LogP contribution in [0.4, 0.5) is 0 Å². The van der Waals surface area contributed by atoms with Crippen molar-refractivity contribution < 1.29 is 9.90 Å². The number of carbonyl (C=O) groups is 1. The van der Waals surface area contributed by atoms with Gasteiger partial charge in [0.25, 0.3) is 0 Å². The van der Waals surface area contributed by atoms with Crippen LogP contribution in [0.15, 0.2) is 22.8 Å². The molecule has 2 heterocycles. The fourth-order valence-corrected chi connectivity index (χ4v) is 2.76. The third-order valence-corrected chi connectivity index (χ3v) is 3.96. The number of halogens is 1. The standard InChI is InChI=1S/C12H11BrN2O2/c13-8-5-2-6-15-10(8)9(12(16)17)14-11(15)7-3-1-4-7/h2,5-7H,1,3-4H2,(H,16,17). The van der Waals surface area contributed by atoms with Gasteiger partial charge in [-0.1, -0.05) is 6.42 Å². The van der Waals surface area contributed by atoms with Gasteiger partial charge in [0.05, 0.1) is 5.52 Å². The van der Waals surface area contributed by atoms with Crippen LogP contribution in [0.1, 0.15) is 41.5 Å². The highest BCUT2D eigenvalue weighted by atomic mass is 79.9. The smallest absolute Gasteiger partial charge is 0.356 e. The first-order valence-electron chi connectivity index (χ1n) is 5.58. The summed E-state index contributed by atoms with van der Waals surface area (Å²) in [5, 5.41) is 9.20. The summed E-state index contributed by atoms with van der Waals surface area (Å²) in [6, 6.07) is 3.74. The Hall–Kier alpha value is -1.36. The number of fused-ring (bicyclic) bond motifs is 1. The van der Waals surface area contributed by atoms with Gasteiger partial charge >= 0.3 is 5.97 Å². The quantitative estimate of drug-likeness (QED) is 0.926. The number of hydrogen-bond acceptors (Lipinski definition) is 2. The molecule has 2 aromatic heterocycles. The number of nitrogens with zero attached hydrogens (tertiary/aromatic N) is 2. The zero-order valence-corrected chi connectivity index (χ0v) is 10.6. The Morgan fingerprint density at radius 3 is 2.88 bits per heavy atom. The van der Waals surface area contributed by atoms with Gasteiger partial charge in [-0.25, -0.2) is 9.78 Å². The van der Waals surface area contributed by atoms with Gasteiger partial charge in [-0.2, -0.15) is 0 Å². The summed E-state index contributed by atoms with van der Waals surface area (Å²) in [7, 11) is 0. The van der Waals surface area contributed by atoms with Crippen molar-refractivity contribution in [2.75, 3.05) is 0 Å². The van der Waals surface area contributed by atoms with Crippen LogP contribution >= 0.6 is 15.9 Å². The van der Waals surface area contributed by atoms with Crippen LogP contribution in [-0.4, -0.2) is 20.5 Å². The summed E-state index contributed by atoms with van der Waals surface area (Å²) < 4.78 is 2.67. The van der Waals surface area contributed by atoms with Crippen molar-refractivity contribution in [2.24, 2.45) is 0 Å². The second-order valence-corrected chi connectivity index (χ2v) is 5.18. The molecule has 17 heavy (non-hydrogen) atoms. The summed E-state index contributed by atoms with van der Waals surface area (Å²) >= 11 is 3.39. The number of aromatic nitrogens is 2. The molecule has 3 rings (SSSR count). The van der Waals surface area contributed by atoms with Crippen molar-refractivity contribution in [1.82, 2.24) is 9.38 Å². The topological polar surface area (TPSA) is 54.6 Å². The molecule has 1 saturated carbocycles. The van der Waals surface area contributed by atoms with E-state index in [2.05, 4.69) is 20.9 Å². The maximum absolute atomic E-state index is 11.2. The largest absolute Gasteiger partial charge is 0.476 e. The Morgan fingerprint density at radius 1 is 1.53 bits per heavy atom. The van der Waals surface area contributed by atoms with E-state index in [1.807, 2.05) is 22.7 Å². The van der Waals surface area contributed by atoms with Crippen molar-refractivity contribution >= 4 is 27.4 Å². The predicted molar refractivity (Wildman–Crippen MR) is 66.4 cm³/mol. The maximum Gasteiger partial charge on any atom is 0.356 e. The lowest BCUT2D eigenvalue weighted by Gasteiger charge is -2.23. The van der Waals surface area contributed by atoms with Crippen LogP contribution in [0.2, 0.25) is 0 Å². The van der Waals surface area contributed by atoms with E-state index in [9.17, 15) is 9.90 Å². The van der Waals surface area contributed by atoms with Crippen molar-refractivity contribution in [1.29, 1.82) is 0 Å². The van der Waals surface area contributed by atoms with Crippen LogP contribution in [0.5, 0.6) is 0 Å². The molecule has 4 nitrogen and oxygen atoms in total. The van der Waals surface area contributed by atoms with E-state index in [0.717, 1.165) is 23.1 Å². The SMILES string of the molecule is O=C(O)c1nc(C2CCC2)n2cccc(Br)c12. The molecule has 1 N–H and O–H groups in total. The molecular formula is C12H11BrN2O2. The molecule has 0 unspecified atom stereocenters. The first kappa shape index (κ1) is 10.8. The minimum absolute atomic E-state index is 0.138. The third kappa shape index (κ3) is 1.57. The molecule has 0 bridgehead atoms. The molecule has 0 aliphatic heterocycles. The van der Waals surface area contributed by atoms with Gasteiger partial charge in [-0.15, -0.1) is 0 Å². The van der Waals surface area contributed by atoms with E-state index >= 15 is 0 Å². The minimum Gasteiger partial charge on any atom is -0.476 e. The van der Waals surface area contributed by atoms with Gasteiger partial charge in [0.15, 0.2) is 5.69 Å². The van der Waals surface area contributed by atoms with E-state index < -0.39 is 5.97 Å². The minimum atomic E-state index is -0.972. The fraction of sp³-hybridized carbons (Fsp3) is 0.333. The number of carboxylic acids is 1. The highest BCUT2D eigenvalue weighted by Gasteiger charge is 2.27. The van der Waals surface area contributed by atoms with Crippen LogP contribution < -0.4 is 0 Å². The number of carboxylic acid groups (broad SMARTS) is 1. The summed E-state index contributed by atoms with van der Waals surface area (Å²) in [6.45, 7) is 0. The average Bonchev–Trinajstić information content (AvgIpc) is 2.57. The van der Waals surface area contributed by atoms with E-state index in [0.29, 0.717) is 11.4 Å². The summed E-state index contributed by atoms with van der Waals surface area (Å²) in [5.41, 5.74) is 0.793. The predicted octanol–water partition coefficient (Wildman–Crippen LogP) is 3.06. The molecule has 88 valence electrons. The molecule has 0 spiro atoms. The van der Waals surface area contributed by atoms with Crippen LogP contribution in [0.25, 0.3) is 5.52 Å². The lowest BCUT2D eigenvalue weighted by Crippen LogP contribution is -2.12. The molecule has 2 aromatic rings. The Bertz CT molecular complexity index is 602. The number of pyridine rings is 1. The van der Waals surface area contributed by atoms with Crippen LogP contribution in [-0.2, 0) is 0 Å². The monoisotopic (exact) mass is 294 g/mol. The van der Waals surface area contributed by atoms with Gasteiger partial charge < -0.3 is 9.51 Å². The first-order valence-corrected chi connectivity index (χ1v) is 6.37. The van der Waals surface area contributed by atoms with Crippen LogP contribution in [0, 0.1) is 0 Å². The van der Waals surface area contributed by atoms with Crippen molar-refractivity contribution in [3.8, 4) is 0 Å². The van der Waals surface area contributed by atoms with Crippen molar-refractivity contribution in [3.63, 3.8) is 0 Å². The Kier molecular flexibility index (Phi) is 2.43. The lowest BCUT2D eigenvalue weighted by molar-refractivity contribution is 0.0693. The molecule has 0 saturated heterocycles. The molecule has 1 fully saturated rings. The van der Waals surface area contributed by atoms with Gasteiger partial charge in [-0.3, -0.25) is 0 Å². The zero-order valence-electron chi connectivity index (χ0n) is 9.06. The molecule has 1 aliphatic rings. The zero-order chi connectivity index (χ0) is 12.0. The lowest BCUT2D eigenvalue weighted by atomic mass is 9.85. The van der Waals surface area contributed by atoms with Gasteiger partial charge in [0.1, 0.15) is 5.82 Å². The molecule has 0 aromatic carbocycles. The van der Waals surface area contributed by atoms with Crippen molar-refractivity contribution in [3.05, 3.63) is 34.3 Å². The van der Waals surface area contributed by atoms with Crippen LogP contribution in [0.3, 0.4) is 0 Å². The molecule has 0 amide bonds. The summed E-state index contributed by atoms with van der Waals surface area (Å²) in [6.07, 6.45) is 5.29. The Labute approximate surface area is 106 Å². The average molecular weight is 295 g/mol. The normalized spacial score (nSPS) is 16.1. The van der Waals surface area contributed by atoms with E-state index in [-0.39, 0.29) is 5.69 Å². The molecular weight excluding hydrogens is 284 g/mol. The molecule has 0 atom stereocenters. The summed E-state index contributed by atoms with van der Waals surface area (Å²) in [5.74, 6) is 0.315. The Morgan fingerprint density at radius 2 is 2.29 bits per heavy atom. The second-order valence-electron chi connectivity index (χ2n) is 4.33. The van der Waals surface area contributed by atoms with Crippen molar-refractivity contribution in [2.45, 2.75) is 25.2 Å².